The second-order valence-corrected chi connectivity index (χ2v) is 5.53. The molecule has 2 fully saturated rings. The molecule has 2 N–H and O–H groups in total. The molecule has 3 heteroatoms. The summed E-state index contributed by atoms with van der Waals surface area (Å²) >= 11 is 0. The third kappa shape index (κ3) is 2.90. The molecule has 1 aromatic carbocycles. The first-order chi connectivity index (χ1) is 8.20. The van der Waals surface area contributed by atoms with Crippen LogP contribution in [-0.4, -0.2) is 13.1 Å². The van der Waals surface area contributed by atoms with Crippen LogP contribution in [0.25, 0.3) is 0 Å². The van der Waals surface area contributed by atoms with Gasteiger partial charge in [0.15, 0.2) is 0 Å². The van der Waals surface area contributed by atoms with Gasteiger partial charge in [-0.25, -0.2) is 4.39 Å². The summed E-state index contributed by atoms with van der Waals surface area (Å²) in [6, 6.07) is 4.89. The Morgan fingerprint density at radius 2 is 1.65 bits per heavy atom. The van der Waals surface area contributed by atoms with Crippen LogP contribution < -0.4 is 10.6 Å². The van der Waals surface area contributed by atoms with Crippen molar-refractivity contribution in [3.63, 3.8) is 0 Å². The van der Waals surface area contributed by atoms with Gasteiger partial charge in [0.1, 0.15) is 5.82 Å². The summed E-state index contributed by atoms with van der Waals surface area (Å²) in [4.78, 5) is 2.33. The number of benzene rings is 1. The Labute approximate surface area is 102 Å². The molecule has 2 nitrogen and oxygen atoms in total. The average molecular weight is 234 g/mol. The molecule has 17 heavy (non-hydrogen) atoms. The van der Waals surface area contributed by atoms with Gasteiger partial charge in [0.2, 0.25) is 0 Å². The smallest absolute Gasteiger partial charge is 0.127 e. The van der Waals surface area contributed by atoms with Gasteiger partial charge < -0.3 is 10.6 Å². The highest BCUT2D eigenvalue weighted by Crippen LogP contribution is 2.36. The van der Waals surface area contributed by atoms with Gasteiger partial charge in [0, 0.05) is 24.5 Å². The van der Waals surface area contributed by atoms with Crippen molar-refractivity contribution >= 4 is 11.4 Å². The summed E-state index contributed by atoms with van der Waals surface area (Å²) < 4.78 is 13.4. The van der Waals surface area contributed by atoms with Crippen molar-refractivity contribution in [2.24, 2.45) is 11.8 Å². The number of hydrogen-bond donors (Lipinski definition) is 1. The standard InChI is InChI=1S/C14H19FN2/c15-12-5-13(16)7-14(6-12)17(8-10-1-2-10)9-11-3-4-11/h5-7,10-11H,1-4,8-9,16H2. The van der Waals surface area contributed by atoms with Crippen LogP contribution in [0.2, 0.25) is 0 Å². The largest absolute Gasteiger partial charge is 0.399 e. The third-order valence-electron chi connectivity index (χ3n) is 3.62. The summed E-state index contributed by atoms with van der Waals surface area (Å²) in [7, 11) is 0. The first kappa shape index (κ1) is 10.9. The molecule has 0 radical (unpaired) electrons. The van der Waals surface area contributed by atoms with E-state index in [0.29, 0.717) is 5.69 Å². The van der Waals surface area contributed by atoms with Gasteiger partial charge in [-0.3, -0.25) is 0 Å². The molecule has 0 atom stereocenters. The van der Waals surface area contributed by atoms with E-state index >= 15 is 0 Å². The van der Waals surface area contributed by atoms with Gasteiger partial charge in [-0.1, -0.05) is 0 Å². The Bertz CT molecular complexity index is 376. The molecular formula is C14H19FN2. The fourth-order valence-electron chi connectivity index (χ4n) is 2.29. The van der Waals surface area contributed by atoms with Gasteiger partial charge in [-0.05, 0) is 55.7 Å². The van der Waals surface area contributed by atoms with Crippen molar-refractivity contribution < 1.29 is 4.39 Å². The molecular weight excluding hydrogens is 215 g/mol. The van der Waals surface area contributed by atoms with Crippen molar-refractivity contribution in [3.05, 3.63) is 24.0 Å². The van der Waals surface area contributed by atoms with E-state index in [2.05, 4.69) is 4.90 Å². The minimum absolute atomic E-state index is 0.225. The number of nitrogen functional groups attached to an aromatic ring is 1. The number of nitrogens with zero attached hydrogens (tertiary/aromatic N) is 1. The van der Waals surface area contributed by atoms with Gasteiger partial charge in [-0.15, -0.1) is 0 Å². The molecule has 0 amide bonds. The summed E-state index contributed by atoms with van der Waals surface area (Å²) in [6.07, 6.45) is 5.30. The Hall–Kier alpha value is -1.25. The van der Waals surface area contributed by atoms with E-state index in [1.165, 1.54) is 31.7 Å². The zero-order valence-electron chi connectivity index (χ0n) is 10.0. The van der Waals surface area contributed by atoms with Crippen LogP contribution in [0.5, 0.6) is 0 Å². The fraction of sp³-hybridized carbons (Fsp3) is 0.571. The van der Waals surface area contributed by atoms with Crippen molar-refractivity contribution in [1.29, 1.82) is 0 Å². The normalized spacial score (nSPS) is 19.4. The Morgan fingerprint density at radius 3 is 2.12 bits per heavy atom. The molecule has 0 aromatic heterocycles. The van der Waals surface area contributed by atoms with E-state index in [-0.39, 0.29) is 5.82 Å². The highest BCUT2D eigenvalue weighted by atomic mass is 19.1. The highest BCUT2D eigenvalue weighted by molar-refractivity contribution is 5.56. The number of anilines is 2. The second kappa shape index (κ2) is 4.21. The van der Waals surface area contributed by atoms with Crippen LogP contribution in [0, 0.1) is 17.7 Å². The van der Waals surface area contributed by atoms with Gasteiger partial charge in [0.05, 0.1) is 0 Å². The zero-order chi connectivity index (χ0) is 11.8. The quantitative estimate of drug-likeness (QED) is 0.793. The molecule has 1 aromatic rings. The minimum atomic E-state index is -0.225. The lowest BCUT2D eigenvalue weighted by atomic mass is 10.2. The lowest BCUT2D eigenvalue weighted by Gasteiger charge is -2.25. The van der Waals surface area contributed by atoms with Crippen LogP contribution in [0.1, 0.15) is 25.7 Å². The van der Waals surface area contributed by atoms with Crippen LogP contribution >= 0.6 is 0 Å². The van der Waals surface area contributed by atoms with Gasteiger partial charge in [-0.2, -0.15) is 0 Å². The third-order valence-corrected chi connectivity index (χ3v) is 3.62. The van der Waals surface area contributed by atoms with Gasteiger partial charge in [0.25, 0.3) is 0 Å². The first-order valence-corrected chi connectivity index (χ1v) is 6.52. The predicted octanol–water partition coefficient (Wildman–Crippen LogP) is 3.03. The highest BCUT2D eigenvalue weighted by Gasteiger charge is 2.29. The number of halogens is 1. The summed E-state index contributed by atoms with van der Waals surface area (Å²) in [5, 5.41) is 0. The van der Waals surface area contributed by atoms with Crippen LogP contribution in [0.3, 0.4) is 0 Å². The van der Waals surface area contributed by atoms with E-state index < -0.39 is 0 Å². The molecule has 0 heterocycles. The van der Waals surface area contributed by atoms with Crippen molar-refractivity contribution in [2.75, 3.05) is 23.7 Å². The molecule has 3 rings (SSSR count). The minimum Gasteiger partial charge on any atom is -0.399 e. The molecule has 92 valence electrons. The molecule has 0 spiro atoms. The number of hydrogen-bond acceptors (Lipinski definition) is 2. The Kier molecular flexibility index (Phi) is 2.69. The second-order valence-electron chi connectivity index (χ2n) is 5.53. The fourth-order valence-corrected chi connectivity index (χ4v) is 2.29. The molecule has 0 aliphatic heterocycles. The van der Waals surface area contributed by atoms with Crippen LogP contribution in [-0.2, 0) is 0 Å². The maximum atomic E-state index is 13.4. The summed E-state index contributed by atoms with van der Waals surface area (Å²) in [5.74, 6) is 1.41. The molecule has 2 saturated carbocycles. The topological polar surface area (TPSA) is 29.3 Å². The van der Waals surface area contributed by atoms with Crippen molar-refractivity contribution in [1.82, 2.24) is 0 Å². The lowest BCUT2D eigenvalue weighted by Crippen LogP contribution is -2.28. The van der Waals surface area contributed by atoms with Crippen molar-refractivity contribution in [3.8, 4) is 0 Å². The maximum absolute atomic E-state index is 13.4. The molecule has 2 aliphatic rings. The Balaban J connectivity index is 1.78. The summed E-state index contributed by atoms with van der Waals surface area (Å²) in [6.45, 7) is 2.14. The molecule has 0 bridgehead atoms. The van der Waals surface area contributed by atoms with E-state index in [9.17, 15) is 4.39 Å². The predicted molar refractivity (Wildman–Crippen MR) is 68.5 cm³/mol. The number of rotatable bonds is 5. The number of nitrogens with two attached hydrogens (primary N) is 1. The molecule has 0 saturated heterocycles. The van der Waals surface area contributed by atoms with Crippen molar-refractivity contribution in [2.45, 2.75) is 25.7 Å². The lowest BCUT2D eigenvalue weighted by molar-refractivity contribution is 0.623. The van der Waals surface area contributed by atoms with Gasteiger partial charge >= 0.3 is 0 Å². The SMILES string of the molecule is Nc1cc(F)cc(N(CC2CC2)CC2CC2)c1. The maximum Gasteiger partial charge on any atom is 0.127 e. The monoisotopic (exact) mass is 234 g/mol. The molecule has 2 aliphatic carbocycles. The summed E-state index contributed by atoms with van der Waals surface area (Å²) in [5.41, 5.74) is 7.21. The Morgan fingerprint density at radius 1 is 1.06 bits per heavy atom. The van der Waals surface area contributed by atoms with Crippen LogP contribution in [0.15, 0.2) is 18.2 Å². The van der Waals surface area contributed by atoms with E-state index in [1.54, 1.807) is 6.07 Å². The zero-order valence-corrected chi connectivity index (χ0v) is 10.0. The average Bonchev–Trinajstić information content (AvgIpc) is 3.09. The first-order valence-electron chi connectivity index (χ1n) is 6.52. The van der Waals surface area contributed by atoms with E-state index in [1.807, 2.05) is 6.07 Å². The molecule has 0 unspecified atom stereocenters. The van der Waals surface area contributed by atoms with Crippen LogP contribution in [0.4, 0.5) is 15.8 Å². The van der Waals surface area contributed by atoms with E-state index in [4.69, 9.17) is 5.73 Å². The van der Waals surface area contributed by atoms with E-state index in [0.717, 1.165) is 30.6 Å².